The highest BCUT2D eigenvalue weighted by Gasteiger charge is 2.24. The molecule has 0 saturated carbocycles. The normalized spacial score (nSPS) is 14.1. The van der Waals surface area contributed by atoms with Gasteiger partial charge < -0.3 is 16.2 Å². The summed E-state index contributed by atoms with van der Waals surface area (Å²) in [6, 6.07) is 1.26. The summed E-state index contributed by atoms with van der Waals surface area (Å²) in [4.78, 5) is 11.7. The molecule has 1 atom stereocenters. The van der Waals surface area contributed by atoms with Gasteiger partial charge in [-0.25, -0.2) is 9.97 Å². The second kappa shape index (κ2) is 6.17. The monoisotopic (exact) mass is 293 g/mol. The Bertz CT molecular complexity index is 636. The number of hydrogen-bond acceptors (Lipinski definition) is 6. The maximum Gasteiger partial charge on any atom is 0.222 e. The molecule has 6 nitrogen and oxygen atoms in total. The van der Waals surface area contributed by atoms with Gasteiger partial charge in [-0.05, 0) is 13.3 Å². The van der Waals surface area contributed by atoms with Crippen LogP contribution in [0.15, 0.2) is 12.3 Å². The number of aromatic nitrogens is 3. The SMILES string of the molecule is CCCCC(C)(CO)Nc1nc(N)nc2cnc(F)cc12. The average molecular weight is 293 g/mol. The molecule has 2 aromatic heterocycles. The molecule has 4 N–H and O–H groups in total. The van der Waals surface area contributed by atoms with Crippen LogP contribution in [0.4, 0.5) is 16.2 Å². The number of aliphatic hydroxyl groups is 1. The van der Waals surface area contributed by atoms with Crippen LogP contribution >= 0.6 is 0 Å². The maximum absolute atomic E-state index is 13.4. The Hall–Kier alpha value is -2.02. The molecular formula is C14H20FN5O. The summed E-state index contributed by atoms with van der Waals surface area (Å²) < 4.78 is 13.4. The van der Waals surface area contributed by atoms with E-state index in [2.05, 4.69) is 27.2 Å². The molecule has 2 aromatic rings. The number of fused-ring (bicyclic) bond motifs is 1. The highest BCUT2D eigenvalue weighted by molar-refractivity contribution is 5.89. The zero-order valence-corrected chi connectivity index (χ0v) is 12.2. The fraction of sp³-hybridized carbons (Fsp3) is 0.500. The van der Waals surface area contributed by atoms with Crippen LogP contribution in [0.5, 0.6) is 0 Å². The number of nitrogens with one attached hydrogen (secondary N) is 1. The molecule has 0 bridgehead atoms. The molecule has 114 valence electrons. The summed E-state index contributed by atoms with van der Waals surface area (Å²) in [6.45, 7) is 3.91. The van der Waals surface area contributed by atoms with E-state index in [4.69, 9.17) is 5.73 Å². The Morgan fingerprint density at radius 2 is 2.19 bits per heavy atom. The van der Waals surface area contributed by atoms with Crippen molar-refractivity contribution in [1.29, 1.82) is 0 Å². The first-order valence-electron chi connectivity index (χ1n) is 6.95. The van der Waals surface area contributed by atoms with E-state index in [1.165, 1.54) is 12.3 Å². The molecule has 0 radical (unpaired) electrons. The number of pyridine rings is 1. The molecule has 0 aliphatic carbocycles. The number of nitrogens with two attached hydrogens (primary N) is 1. The average Bonchev–Trinajstić information content (AvgIpc) is 2.46. The third kappa shape index (κ3) is 3.55. The Labute approximate surface area is 122 Å². The van der Waals surface area contributed by atoms with Gasteiger partial charge in [0.05, 0.1) is 23.9 Å². The summed E-state index contributed by atoms with van der Waals surface area (Å²) in [7, 11) is 0. The number of rotatable bonds is 6. The maximum atomic E-state index is 13.4. The van der Waals surface area contributed by atoms with Gasteiger partial charge >= 0.3 is 0 Å². The van der Waals surface area contributed by atoms with Gasteiger partial charge in [0.15, 0.2) is 0 Å². The Morgan fingerprint density at radius 3 is 2.86 bits per heavy atom. The van der Waals surface area contributed by atoms with Gasteiger partial charge in [0, 0.05) is 11.5 Å². The van der Waals surface area contributed by atoms with E-state index < -0.39 is 11.5 Å². The Balaban J connectivity index is 2.42. The van der Waals surface area contributed by atoms with Gasteiger partial charge in [-0.2, -0.15) is 9.37 Å². The van der Waals surface area contributed by atoms with Crippen molar-refractivity contribution >= 4 is 22.7 Å². The lowest BCUT2D eigenvalue weighted by molar-refractivity contribution is 0.212. The van der Waals surface area contributed by atoms with Gasteiger partial charge in [0.1, 0.15) is 5.82 Å². The van der Waals surface area contributed by atoms with Crippen molar-refractivity contribution in [2.24, 2.45) is 0 Å². The molecule has 7 heteroatoms. The molecule has 0 saturated heterocycles. The summed E-state index contributed by atoms with van der Waals surface area (Å²) in [5, 5.41) is 13.3. The zero-order chi connectivity index (χ0) is 15.5. The second-order valence-electron chi connectivity index (χ2n) is 5.40. The predicted molar refractivity (Wildman–Crippen MR) is 80.3 cm³/mol. The van der Waals surface area contributed by atoms with Gasteiger partial charge in [-0.3, -0.25) is 0 Å². The third-order valence-electron chi connectivity index (χ3n) is 3.42. The Kier molecular flexibility index (Phi) is 4.52. The van der Waals surface area contributed by atoms with Crippen LogP contribution in [0.25, 0.3) is 10.9 Å². The summed E-state index contributed by atoms with van der Waals surface area (Å²) in [6.07, 6.45) is 4.05. The smallest absolute Gasteiger partial charge is 0.222 e. The molecule has 2 heterocycles. The lowest BCUT2D eigenvalue weighted by Gasteiger charge is -2.29. The van der Waals surface area contributed by atoms with Gasteiger partial charge in [0.25, 0.3) is 0 Å². The van der Waals surface area contributed by atoms with E-state index in [0.29, 0.717) is 16.7 Å². The van der Waals surface area contributed by atoms with Crippen molar-refractivity contribution in [3.05, 3.63) is 18.2 Å². The lowest BCUT2D eigenvalue weighted by Crippen LogP contribution is -2.39. The van der Waals surface area contributed by atoms with E-state index in [1.807, 2.05) is 6.92 Å². The summed E-state index contributed by atoms with van der Waals surface area (Å²) in [5.41, 5.74) is 5.59. The largest absolute Gasteiger partial charge is 0.394 e. The molecule has 0 aliphatic heterocycles. The molecule has 2 rings (SSSR count). The van der Waals surface area contributed by atoms with Crippen molar-refractivity contribution in [3.8, 4) is 0 Å². The lowest BCUT2D eigenvalue weighted by atomic mass is 9.95. The highest BCUT2D eigenvalue weighted by atomic mass is 19.1. The van der Waals surface area contributed by atoms with Crippen LogP contribution in [-0.2, 0) is 0 Å². The summed E-state index contributed by atoms with van der Waals surface area (Å²) in [5.74, 6) is -0.126. The number of aliphatic hydroxyl groups excluding tert-OH is 1. The van der Waals surface area contributed by atoms with Crippen LogP contribution in [0.3, 0.4) is 0 Å². The van der Waals surface area contributed by atoms with Gasteiger partial charge in [0.2, 0.25) is 11.9 Å². The van der Waals surface area contributed by atoms with Crippen LogP contribution in [-0.4, -0.2) is 32.2 Å². The third-order valence-corrected chi connectivity index (χ3v) is 3.42. The molecule has 0 spiro atoms. The van der Waals surface area contributed by atoms with Crippen LogP contribution < -0.4 is 11.1 Å². The summed E-state index contributed by atoms with van der Waals surface area (Å²) >= 11 is 0. The molecular weight excluding hydrogens is 273 g/mol. The van der Waals surface area contributed by atoms with Gasteiger partial charge in [-0.15, -0.1) is 0 Å². The van der Waals surface area contributed by atoms with Crippen LogP contribution in [0.1, 0.15) is 33.1 Å². The molecule has 21 heavy (non-hydrogen) atoms. The number of nitrogen functional groups attached to an aromatic ring is 1. The number of unbranched alkanes of at least 4 members (excludes halogenated alkanes) is 1. The highest BCUT2D eigenvalue weighted by Crippen LogP contribution is 2.26. The molecule has 0 aromatic carbocycles. The fourth-order valence-electron chi connectivity index (χ4n) is 2.15. The first-order chi connectivity index (χ1) is 9.97. The number of nitrogens with zero attached hydrogens (tertiary/aromatic N) is 3. The topological polar surface area (TPSA) is 97.0 Å². The van der Waals surface area contributed by atoms with Crippen LogP contribution in [0.2, 0.25) is 0 Å². The number of hydrogen-bond donors (Lipinski definition) is 3. The van der Waals surface area contributed by atoms with Crippen molar-refractivity contribution in [2.45, 2.75) is 38.6 Å². The first-order valence-corrected chi connectivity index (χ1v) is 6.95. The predicted octanol–water partition coefficient (Wildman–Crippen LogP) is 2.10. The van der Waals surface area contributed by atoms with Crippen molar-refractivity contribution in [3.63, 3.8) is 0 Å². The second-order valence-corrected chi connectivity index (χ2v) is 5.40. The minimum atomic E-state index is -0.613. The first kappa shape index (κ1) is 15.4. The number of halogens is 1. The van der Waals surface area contributed by atoms with E-state index in [0.717, 1.165) is 19.3 Å². The van der Waals surface area contributed by atoms with Gasteiger partial charge in [-0.1, -0.05) is 19.8 Å². The fourth-order valence-corrected chi connectivity index (χ4v) is 2.15. The van der Waals surface area contributed by atoms with E-state index in [1.54, 1.807) is 0 Å². The number of anilines is 2. The molecule has 1 unspecified atom stereocenters. The Morgan fingerprint density at radius 1 is 1.43 bits per heavy atom. The standard InChI is InChI=1S/C14H20FN5O/c1-3-4-5-14(2,8-21)20-12-9-6-11(15)17-7-10(9)18-13(16)19-12/h6-7,21H,3-5,8H2,1-2H3,(H3,16,18,19,20). The van der Waals surface area contributed by atoms with E-state index >= 15 is 0 Å². The van der Waals surface area contributed by atoms with Crippen molar-refractivity contribution in [2.75, 3.05) is 17.7 Å². The quantitative estimate of drug-likeness (QED) is 0.706. The molecule has 0 amide bonds. The van der Waals surface area contributed by atoms with Crippen molar-refractivity contribution in [1.82, 2.24) is 15.0 Å². The molecule has 0 fully saturated rings. The van der Waals surface area contributed by atoms with E-state index in [9.17, 15) is 9.50 Å². The van der Waals surface area contributed by atoms with Crippen molar-refractivity contribution < 1.29 is 9.50 Å². The molecule has 0 aliphatic rings. The minimum absolute atomic E-state index is 0.0635. The minimum Gasteiger partial charge on any atom is -0.394 e. The zero-order valence-electron chi connectivity index (χ0n) is 12.2. The van der Waals surface area contributed by atoms with E-state index in [-0.39, 0.29) is 12.6 Å². The van der Waals surface area contributed by atoms with Crippen LogP contribution in [0, 0.1) is 5.95 Å².